The van der Waals surface area contributed by atoms with Crippen LogP contribution in [0.4, 0.5) is 23.1 Å². The van der Waals surface area contributed by atoms with Crippen LogP contribution in [0.25, 0.3) is 0 Å². The summed E-state index contributed by atoms with van der Waals surface area (Å²) in [5, 5.41) is 6.32. The second-order valence-electron chi connectivity index (χ2n) is 5.09. The Morgan fingerprint density at radius 2 is 1.84 bits per heavy atom. The van der Waals surface area contributed by atoms with Crippen molar-refractivity contribution in [2.24, 2.45) is 0 Å². The molecule has 0 spiro atoms. The zero-order chi connectivity index (χ0) is 17.6. The smallest absolute Gasteiger partial charge is 0.337 e. The lowest BCUT2D eigenvalue weighted by molar-refractivity contribution is 0.0601. The fourth-order valence-corrected chi connectivity index (χ4v) is 2.54. The number of nitrogens with one attached hydrogen (secondary N) is 2. The maximum Gasteiger partial charge on any atom is 0.337 e. The largest absolute Gasteiger partial charge is 0.465 e. The molecule has 2 aromatic carbocycles. The molecule has 0 saturated heterocycles. The molecule has 1 heterocycles. The molecule has 0 aliphatic rings. The predicted octanol–water partition coefficient (Wildman–Crippen LogP) is 4.51. The van der Waals surface area contributed by atoms with E-state index in [9.17, 15) is 4.79 Å². The number of hydrogen-bond donors (Lipinski definition) is 2. The molecule has 126 valence electrons. The van der Waals surface area contributed by atoms with Crippen LogP contribution < -0.4 is 10.6 Å². The molecule has 25 heavy (non-hydrogen) atoms. The molecule has 3 aromatic rings. The van der Waals surface area contributed by atoms with Gasteiger partial charge >= 0.3 is 5.97 Å². The lowest BCUT2D eigenvalue weighted by atomic mass is 10.2. The van der Waals surface area contributed by atoms with Crippen LogP contribution >= 0.6 is 15.9 Å². The van der Waals surface area contributed by atoms with Crippen LogP contribution in [-0.4, -0.2) is 23.0 Å². The molecule has 0 amide bonds. The van der Waals surface area contributed by atoms with Crippen LogP contribution in [0.2, 0.25) is 0 Å². The highest BCUT2D eigenvalue weighted by Crippen LogP contribution is 2.20. The number of hydrogen-bond acceptors (Lipinski definition) is 6. The van der Waals surface area contributed by atoms with E-state index in [2.05, 4.69) is 41.3 Å². The molecule has 1 aromatic heterocycles. The number of anilines is 4. The summed E-state index contributed by atoms with van der Waals surface area (Å²) in [6, 6.07) is 16.5. The van der Waals surface area contributed by atoms with Crippen LogP contribution in [0.1, 0.15) is 10.4 Å². The Balaban J connectivity index is 1.72. The van der Waals surface area contributed by atoms with Gasteiger partial charge in [-0.15, -0.1) is 0 Å². The van der Waals surface area contributed by atoms with Gasteiger partial charge in [-0.25, -0.2) is 9.78 Å². The molecule has 0 radical (unpaired) electrons. The van der Waals surface area contributed by atoms with Crippen molar-refractivity contribution in [3.05, 3.63) is 70.8 Å². The van der Waals surface area contributed by atoms with E-state index in [1.807, 2.05) is 24.3 Å². The average Bonchev–Trinajstić information content (AvgIpc) is 2.62. The Labute approximate surface area is 153 Å². The van der Waals surface area contributed by atoms with E-state index in [0.29, 0.717) is 17.3 Å². The highest BCUT2D eigenvalue weighted by atomic mass is 79.9. The van der Waals surface area contributed by atoms with Crippen molar-refractivity contribution in [2.75, 3.05) is 17.7 Å². The zero-order valence-corrected chi connectivity index (χ0v) is 14.9. The van der Waals surface area contributed by atoms with Gasteiger partial charge in [-0.3, -0.25) is 0 Å². The molecule has 0 aliphatic heterocycles. The third-order valence-electron chi connectivity index (χ3n) is 3.31. The van der Waals surface area contributed by atoms with E-state index < -0.39 is 0 Å². The molecule has 0 unspecified atom stereocenters. The standard InChI is InChI=1S/C18H15BrN4O2/c1-25-17(24)12-5-7-14(8-6-12)21-16-9-10-20-18(23-16)22-15-4-2-3-13(19)11-15/h2-11H,1H3,(H2,20,21,22,23). The first-order valence-corrected chi connectivity index (χ1v) is 8.24. The molecule has 0 fully saturated rings. The summed E-state index contributed by atoms with van der Waals surface area (Å²) in [5.41, 5.74) is 2.18. The first-order chi connectivity index (χ1) is 12.1. The van der Waals surface area contributed by atoms with Crippen LogP contribution in [0.15, 0.2) is 65.3 Å². The van der Waals surface area contributed by atoms with Gasteiger partial charge in [0.25, 0.3) is 0 Å². The maximum absolute atomic E-state index is 11.5. The molecule has 0 bridgehead atoms. The number of halogens is 1. The highest BCUT2D eigenvalue weighted by Gasteiger charge is 2.05. The summed E-state index contributed by atoms with van der Waals surface area (Å²) in [6.07, 6.45) is 1.67. The van der Waals surface area contributed by atoms with Gasteiger partial charge in [-0.2, -0.15) is 4.98 Å². The van der Waals surface area contributed by atoms with Crippen molar-refractivity contribution in [3.63, 3.8) is 0 Å². The van der Waals surface area contributed by atoms with E-state index >= 15 is 0 Å². The third kappa shape index (κ3) is 4.54. The molecule has 3 rings (SSSR count). The SMILES string of the molecule is COC(=O)c1ccc(Nc2ccnc(Nc3cccc(Br)c3)n2)cc1. The van der Waals surface area contributed by atoms with Crippen molar-refractivity contribution < 1.29 is 9.53 Å². The number of benzene rings is 2. The first kappa shape index (κ1) is 16.9. The lowest BCUT2D eigenvalue weighted by Gasteiger charge is -2.09. The molecule has 0 aliphatic carbocycles. The summed E-state index contributed by atoms with van der Waals surface area (Å²) in [7, 11) is 1.36. The number of carbonyl (C=O) groups excluding carboxylic acids is 1. The summed E-state index contributed by atoms with van der Waals surface area (Å²) < 4.78 is 5.65. The van der Waals surface area contributed by atoms with Crippen molar-refractivity contribution in [1.82, 2.24) is 9.97 Å². The topological polar surface area (TPSA) is 76.1 Å². The Bertz CT molecular complexity index is 884. The van der Waals surface area contributed by atoms with E-state index in [4.69, 9.17) is 0 Å². The number of carbonyl (C=O) groups is 1. The molecule has 0 saturated carbocycles. The molecule has 6 nitrogen and oxygen atoms in total. The molecule has 2 N–H and O–H groups in total. The van der Waals surface area contributed by atoms with Gasteiger partial charge in [0.05, 0.1) is 12.7 Å². The molecule has 7 heteroatoms. The molecular weight excluding hydrogens is 384 g/mol. The summed E-state index contributed by atoms with van der Waals surface area (Å²) >= 11 is 3.43. The Hall–Kier alpha value is -2.93. The minimum Gasteiger partial charge on any atom is -0.465 e. The monoisotopic (exact) mass is 398 g/mol. The molecule has 0 atom stereocenters. The van der Waals surface area contributed by atoms with Crippen LogP contribution in [0, 0.1) is 0 Å². The van der Waals surface area contributed by atoms with Gasteiger partial charge in [0.15, 0.2) is 0 Å². The van der Waals surface area contributed by atoms with E-state index in [0.717, 1.165) is 15.8 Å². The second kappa shape index (κ2) is 7.76. The minimum atomic E-state index is -0.367. The predicted molar refractivity (Wildman–Crippen MR) is 101 cm³/mol. The second-order valence-corrected chi connectivity index (χ2v) is 6.01. The van der Waals surface area contributed by atoms with Crippen molar-refractivity contribution >= 4 is 45.0 Å². The number of ether oxygens (including phenoxy) is 1. The average molecular weight is 399 g/mol. The lowest BCUT2D eigenvalue weighted by Crippen LogP contribution is -2.02. The van der Waals surface area contributed by atoms with Crippen LogP contribution in [0.5, 0.6) is 0 Å². The third-order valence-corrected chi connectivity index (χ3v) is 3.81. The number of rotatable bonds is 5. The van der Waals surface area contributed by atoms with Gasteiger partial charge in [0, 0.05) is 22.0 Å². The van der Waals surface area contributed by atoms with Gasteiger partial charge in [0.1, 0.15) is 5.82 Å². The van der Waals surface area contributed by atoms with Gasteiger partial charge < -0.3 is 15.4 Å². The van der Waals surface area contributed by atoms with E-state index in [-0.39, 0.29) is 5.97 Å². The van der Waals surface area contributed by atoms with E-state index in [1.54, 1.807) is 36.5 Å². The summed E-state index contributed by atoms with van der Waals surface area (Å²) in [5.74, 6) is 0.752. The van der Waals surface area contributed by atoms with Gasteiger partial charge in [-0.05, 0) is 48.5 Å². The van der Waals surface area contributed by atoms with Crippen LogP contribution in [-0.2, 0) is 4.74 Å². The van der Waals surface area contributed by atoms with Gasteiger partial charge in [-0.1, -0.05) is 22.0 Å². The first-order valence-electron chi connectivity index (χ1n) is 7.45. The quantitative estimate of drug-likeness (QED) is 0.615. The normalized spacial score (nSPS) is 10.2. The Kier molecular flexibility index (Phi) is 5.25. The highest BCUT2D eigenvalue weighted by molar-refractivity contribution is 9.10. The van der Waals surface area contributed by atoms with Gasteiger partial charge in [0.2, 0.25) is 5.95 Å². The fraction of sp³-hybridized carbons (Fsp3) is 0.0556. The fourth-order valence-electron chi connectivity index (χ4n) is 2.14. The number of methoxy groups -OCH3 is 1. The zero-order valence-electron chi connectivity index (χ0n) is 13.4. The number of esters is 1. The van der Waals surface area contributed by atoms with Crippen molar-refractivity contribution in [2.45, 2.75) is 0 Å². The summed E-state index contributed by atoms with van der Waals surface area (Å²) in [4.78, 5) is 20.1. The summed E-state index contributed by atoms with van der Waals surface area (Å²) in [6.45, 7) is 0. The molecular formula is C18H15BrN4O2. The van der Waals surface area contributed by atoms with Crippen LogP contribution in [0.3, 0.4) is 0 Å². The number of nitrogens with zero attached hydrogens (tertiary/aromatic N) is 2. The maximum atomic E-state index is 11.5. The number of aromatic nitrogens is 2. The Morgan fingerprint density at radius 1 is 1.04 bits per heavy atom. The Morgan fingerprint density at radius 3 is 2.56 bits per heavy atom. The van der Waals surface area contributed by atoms with Crippen molar-refractivity contribution in [1.29, 1.82) is 0 Å². The van der Waals surface area contributed by atoms with Crippen molar-refractivity contribution in [3.8, 4) is 0 Å². The van der Waals surface area contributed by atoms with E-state index in [1.165, 1.54) is 7.11 Å². The minimum absolute atomic E-state index is 0.367.